The Bertz CT molecular complexity index is 711. The number of aryl methyl sites for hydroxylation is 1. The van der Waals surface area contributed by atoms with Crippen molar-refractivity contribution in [1.29, 1.82) is 0 Å². The molecule has 1 aromatic carbocycles. The molecule has 20 heavy (non-hydrogen) atoms. The van der Waals surface area contributed by atoms with Gasteiger partial charge in [-0.25, -0.2) is 4.98 Å². The first-order valence-electron chi connectivity index (χ1n) is 6.54. The van der Waals surface area contributed by atoms with Crippen molar-refractivity contribution >= 4 is 16.8 Å². The molecule has 1 N–H and O–H groups in total. The van der Waals surface area contributed by atoms with Crippen molar-refractivity contribution in [1.82, 2.24) is 14.9 Å². The highest BCUT2D eigenvalue weighted by atomic mass is 16.2. The summed E-state index contributed by atoms with van der Waals surface area (Å²) in [5.74, 6) is -0.201. The number of fused-ring (bicyclic) bond motifs is 1. The summed E-state index contributed by atoms with van der Waals surface area (Å²) < 4.78 is 1.34. The van der Waals surface area contributed by atoms with Crippen molar-refractivity contribution in [2.75, 3.05) is 0 Å². The van der Waals surface area contributed by atoms with Gasteiger partial charge in [-0.05, 0) is 39.3 Å². The second kappa shape index (κ2) is 5.07. The van der Waals surface area contributed by atoms with Crippen molar-refractivity contribution in [2.24, 2.45) is 0 Å². The number of para-hydroxylation sites is 1. The van der Waals surface area contributed by atoms with Crippen molar-refractivity contribution in [3.05, 3.63) is 40.4 Å². The van der Waals surface area contributed by atoms with E-state index in [1.165, 1.54) is 10.9 Å². The van der Waals surface area contributed by atoms with E-state index < -0.39 is 0 Å². The maximum atomic E-state index is 12.3. The van der Waals surface area contributed by atoms with Crippen LogP contribution >= 0.6 is 0 Å². The molecule has 5 nitrogen and oxygen atoms in total. The van der Waals surface area contributed by atoms with Crippen molar-refractivity contribution in [2.45, 2.75) is 39.8 Å². The van der Waals surface area contributed by atoms with Gasteiger partial charge in [0, 0.05) is 5.54 Å². The van der Waals surface area contributed by atoms with E-state index in [0.29, 0.717) is 10.9 Å². The lowest BCUT2D eigenvalue weighted by Gasteiger charge is -2.20. The van der Waals surface area contributed by atoms with Crippen LogP contribution in [0.15, 0.2) is 29.3 Å². The van der Waals surface area contributed by atoms with E-state index in [9.17, 15) is 9.59 Å². The largest absolute Gasteiger partial charge is 0.350 e. The van der Waals surface area contributed by atoms with Crippen molar-refractivity contribution in [3.63, 3.8) is 0 Å². The van der Waals surface area contributed by atoms with Crippen LogP contribution in [0.3, 0.4) is 0 Å². The molecule has 1 amide bonds. The topological polar surface area (TPSA) is 64.0 Å². The zero-order chi connectivity index (χ0) is 14.9. The summed E-state index contributed by atoms with van der Waals surface area (Å²) in [6, 6.07) is 5.46. The normalized spacial score (nSPS) is 11.6. The first-order chi connectivity index (χ1) is 9.28. The molecule has 2 rings (SSSR count). The summed E-state index contributed by atoms with van der Waals surface area (Å²) in [5, 5.41) is 3.37. The summed E-state index contributed by atoms with van der Waals surface area (Å²) >= 11 is 0. The average Bonchev–Trinajstić information content (AvgIpc) is 2.31. The van der Waals surface area contributed by atoms with Gasteiger partial charge in [-0.2, -0.15) is 0 Å². The molecule has 0 bridgehead atoms. The number of aromatic nitrogens is 2. The second-order valence-electron chi connectivity index (χ2n) is 5.95. The van der Waals surface area contributed by atoms with Crippen molar-refractivity contribution in [3.8, 4) is 0 Å². The molecule has 1 aromatic heterocycles. The highest BCUT2D eigenvalue weighted by Crippen LogP contribution is 2.11. The third-order valence-corrected chi connectivity index (χ3v) is 2.88. The van der Waals surface area contributed by atoms with Crippen molar-refractivity contribution < 1.29 is 4.79 Å². The quantitative estimate of drug-likeness (QED) is 0.904. The summed E-state index contributed by atoms with van der Waals surface area (Å²) in [6.45, 7) is 7.58. The smallest absolute Gasteiger partial charge is 0.261 e. The van der Waals surface area contributed by atoms with E-state index in [1.54, 1.807) is 6.07 Å². The van der Waals surface area contributed by atoms with Crippen LogP contribution in [0.5, 0.6) is 0 Å². The lowest BCUT2D eigenvalue weighted by atomic mass is 10.1. The standard InChI is InChI=1S/C15H19N3O2/c1-10-6-5-7-11-13(10)16-9-18(14(11)20)8-12(19)17-15(2,3)4/h5-7,9H,8H2,1-4H3,(H,17,19). The second-order valence-corrected chi connectivity index (χ2v) is 5.95. The molecule has 5 heteroatoms. The van der Waals surface area contributed by atoms with Crippen LogP contribution in [0.2, 0.25) is 0 Å². The van der Waals surface area contributed by atoms with Crippen LogP contribution in [-0.2, 0) is 11.3 Å². The number of nitrogens with one attached hydrogen (secondary N) is 1. The fourth-order valence-electron chi connectivity index (χ4n) is 2.06. The number of hydrogen-bond acceptors (Lipinski definition) is 3. The molecule has 0 saturated carbocycles. The van der Waals surface area contributed by atoms with Gasteiger partial charge in [0.1, 0.15) is 6.54 Å². The Hall–Kier alpha value is -2.17. The number of carbonyl (C=O) groups is 1. The Morgan fingerprint density at radius 2 is 2.05 bits per heavy atom. The van der Waals surface area contributed by atoms with Crippen LogP contribution in [0.4, 0.5) is 0 Å². The minimum atomic E-state index is -0.318. The molecule has 0 radical (unpaired) electrons. The zero-order valence-corrected chi connectivity index (χ0v) is 12.2. The van der Waals surface area contributed by atoms with Gasteiger partial charge in [0.15, 0.2) is 0 Å². The van der Waals surface area contributed by atoms with Crippen LogP contribution in [0, 0.1) is 6.92 Å². The molecule has 0 fully saturated rings. The number of amides is 1. The van der Waals surface area contributed by atoms with Gasteiger partial charge >= 0.3 is 0 Å². The Morgan fingerprint density at radius 1 is 1.35 bits per heavy atom. The van der Waals surface area contributed by atoms with E-state index in [-0.39, 0.29) is 23.6 Å². The van der Waals surface area contributed by atoms with Gasteiger partial charge in [0.2, 0.25) is 5.91 Å². The number of carbonyl (C=O) groups excluding carboxylic acids is 1. The van der Waals surface area contributed by atoms with E-state index in [2.05, 4.69) is 10.3 Å². The van der Waals surface area contributed by atoms with E-state index in [0.717, 1.165) is 5.56 Å². The summed E-state index contributed by atoms with van der Waals surface area (Å²) in [7, 11) is 0. The molecule has 1 heterocycles. The van der Waals surface area contributed by atoms with E-state index >= 15 is 0 Å². The third-order valence-electron chi connectivity index (χ3n) is 2.88. The highest BCUT2D eigenvalue weighted by Gasteiger charge is 2.15. The minimum Gasteiger partial charge on any atom is -0.350 e. The van der Waals surface area contributed by atoms with Gasteiger partial charge in [-0.3, -0.25) is 14.2 Å². The molecule has 0 aliphatic rings. The Labute approximate surface area is 117 Å². The Balaban J connectivity index is 2.35. The van der Waals surface area contributed by atoms with Gasteiger partial charge in [0.25, 0.3) is 5.56 Å². The summed E-state index contributed by atoms with van der Waals surface area (Å²) in [4.78, 5) is 28.5. The first kappa shape index (κ1) is 14.2. The van der Waals surface area contributed by atoms with Crippen LogP contribution in [0.25, 0.3) is 10.9 Å². The molecule has 0 saturated heterocycles. The predicted octanol–water partition coefficient (Wildman–Crippen LogP) is 1.62. The van der Waals surface area contributed by atoms with Crippen LogP contribution < -0.4 is 10.9 Å². The highest BCUT2D eigenvalue weighted by molar-refractivity contribution is 5.81. The van der Waals surface area contributed by atoms with Crippen LogP contribution in [0.1, 0.15) is 26.3 Å². The molecular formula is C15H19N3O2. The lowest BCUT2D eigenvalue weighted by molar-refractivity contribution is -0.123. The maximum Gasteiger partial charge on any atom is 0.261 e. The molecule has 106 valence electrons. The number of nitrogens with zero attached hydrogens (tertiary/aromatic N) is 2. The fourth-order valence-corrected chi connectivity index (χ4v) is 2.06. The molecular weight excluding hydrogens is 254 g/mol. The molecule has 0 spiro atoms. The first-order valence-corrected chi connectivity index (χ1v) is 6.54. The van der Waals surface area contributed by atoms with E-state index in [1.807, 2.05) is 39.8 Å². The molecule has 0 aliphatic heterocycles. The Kier molecular flexibility index (Phi) is 3.61. The lowest BCUT2D eigenvalue weighted by Crippen LogP contribution is -2.43. The summed E-state index contributed by atoms with van der Waals surface area (Å²) in [5.41, 5.74) is 1.13. The van der Waals surface area contributed by atoms with Gasteiger partial charge < -0.3 is 5.32 Å². The molecule has 0 aliphatic carbocycles. The Morgan fingerprint density at radius 3 is 2.70 bits per heavy atom. The van der Waals surface area contributed by atoms with Gasteiger partial charge in [-0.15, -0.1) is 0 Å². The van der Waals surface area contributed by atoms with Gasteiger partial charge in [-0.1, -0.05) is 12.1 Å². The predicted molar refractivity (Wildman–Crippen MR) is 78.6 cm³/mol. The number of rotatable bonds is 2. The zero-order valence-electron chi connectivity index (χ0n) is 12.2. The fraction of sp³-hybridized carbons (Fsp3) is 0.400. The summed E-state index contributed by atoms with van der Waals surface area (Å²) in [6.07, 6.45) is 1.43. The average molecular weight is 273 g/mol. The van der Waals surface area contributed by atoms with Gasteiger partial charge in [0.05, 0.1) is 17.2 Å². The third kappa shape index (κ3) is 3.04. The molecule has 0 atom stereocenters. The molecule has 2 aromatic rings. The van der Waals surface area contributed by atoms with E-state index in [4.69, 9.17) is 0 Å². The SMILES string of the molecule is Cc1cccc2c(=O)n(CC(=O)NC(C)(C)C)cnc12. The number of hydrogen-bond donors (Lipinski definition) is 1. The van der Waals surface area contributed by atoms with Crippen LogP contribution in [-0.4, -0.2) is 21.0 Å². The minimum absolute atomic E-state index is 0.0208. The number of benzene rings is 1. The maximum absolute atomic E-state index is 12.3. The molecule has 0 unspecified atom stereocenters. The monoisotopic (exact) mass is 273 g/mol.